The molecule has 2 aromatic rings. The molecule has 1 heterocycles. The second-order valence-electron chi connectivity index (χ2n) is 6.46. The van der Waals surface area contributed by atoms with Crippen LogP contribution in [0.25, 0.3) is 5.57 Å². The predicted molar refractivity (Wildman–Crippen MR) is 113 cm³/mol. The van der Waals surface area contributed by atoms with E-state index in [9.17, 15) is 0 Å². The molecule has 1 aromatic carbocycles. The molecule has 0 N–H and O–H groups in total. The number of nitrogens with zero attached hydrogens (tertiary/aromatic N) is 3. The maximum Gasteiger partial charge on any atom is 0.0991 e. The van der Waals surface area contributed by atoms with Gasteiger partial charge in [0.2, 0.25) is 0 Å². The molecule has 0 spiro atoms. The van der Waals surface area contributed by atoms with Gasteiger partial charge in [-0.2, -0.15) is 10.4 Å². The first-order valence-corrected chi connectivity index (χ1v) is 9.22. The fraction of sp³-hybridized carbons (Fsp3) is 0.250. The molecule has 0 saturated heterocycles. The lowest BCUT2D eigenvalue weighted by atomic mass is 9.97. The van der Waals surface area contributed by atoms with Crippen molar-refractivity contribution in [3.63, 3.8) is 0 Å². The molecule has 1 aromatic heterocycles. The third kappa shape index (κ3) is 4.95. The van der Waals surface area contributed by atoms with Crippen LogP contribution in [0.1, 0.15) is 50.9 Å². The summed E-state index contributed by atoms with van der Waals surface area (Å²) in [6.07, 6.45) is 9.01. The highest BCUT2D eigenvalue weighted by Crippen LogP contribution is 2.24. The van der Waals surface area contributed by atoms with Gasteiger partial charge in [0.05, 0.1) is 23.9 Å². The van der Waals surface area contributed by atoms with E-state index in [1.807, 2.05) is 47.3 Å². The number of hydrogen-bond donors (Lipinski definition) is 0. The zero-order valence-corrected chi connectivity index (χ0v) is 16.7. The minimum Gasteiger partial charge on any atom is -0.260 e. The molecular formula is C24H27N3. The average Bonchev–Trinajstić information content (AvgIpc) is 3.16. The Morgan fingerprint density at radius 1 is 1.22 bits per heavy atom. The summed E-state index contributed by atoms with van der Waals surface area (Å²) in [4.78, 5) is 0. The Bertz CT molecular complexity index is 929. The number of allylic oxidation sites excluding steroid dienone is 7. The van der Waals surface area contributed by atoms with Crippen LogP contribution in [0.5, 0.6) is 0 Å². The van der Waals surface area contributed by atoms with Gasteiger partial charge in [0.1, 0.15) is 0 Å². The largest absolute Gasteiger partial charge is 0.260 e. The van der Waals surface area contributed by atoms with Crippen molar-refractivity contribution in [2.45, 2.75) is 40.7 Å². The lowest BCUT2D eigenvalue weighted by Crippen LogP contribution is -2.05. The summed E-state index contributed by atoms with van der Waals surface area (Å²) in [6, 6.07) is 11.8. The Morgan fingerprint density at radius 3 is 2.48 bits per heavy atom. The smallest absolute Gasteiger partial charge is 0.0991 e. The molecule has 0 fully saturated rings. The molecule has 3 heteroatoms. The number of aromatic nitrogens is 2. The zero-order chi connectivity index (χ0) is 19.8. The molecule has 0 unspecified atom stereocenters. The van der Waals surface area contributed by atoms with E-state index < -0.39 is 0 Å². The highest BCUT2D eigenvalue weighted by atomic mass is 15.3. The average molecular weight is 358 g/mol. The van der Waals surface area contributed by atoms with Crippen molar-refractivity contribution in [2.24, 2.45) is 0 Å². The highest BCUT2D eigenvalue weighted by Gasteiger charge is 2.09. The van der Waals surface area contributed by atoms with Gasteiger partial charge in [-0.05, 0) is 73.7 Å². The maximum atomic E-state index is 8.95. The van der Waals surface area contributed by atoms with E-state index in [1.165, 1.54) is 16.7 Å². The Hall–Kier alpha value is -3.12. The summed E-state index contributed by atoms with van der Waals surface area (Å²) >= 11 is 0. The third-order valence-electron chi connectivity index (χ3n) is 4.86. The van der Waals surface area contributed by atoms with E-state index in [0.29, 0.717) is 12.1 Å². The Labute approximate surface area is 162 Å². The Balaban J connectivity index is 2.40. The second kappa shape index (κ2) is 9.54. The minimum atomic E-state index is 0.650. The Morgan fingerprint density at radius 2 is 1.93 bits per heavy atom. The SMILES string of the molecule is C=C\C(=C/C(CC)=C(C)/C(C)=C/C)c1ccnn1Cc1ccc(C#N)cc1. The summed E-state index contributed by atoms with van der Waals surface area (Å²) < 4.78 is 1.97. The summed E-state index contributed by atoms with van der Waals surface area (Å²) in [5, 5.41) is 13.4. The van der Waals surface area contributed by atoms with Crippen LogP contribution < -0.4 is 0 Å². The molecule has 0 aliphatic carbocycles. The van der Waals surface area contributed by atoms with Crippen LogP contribution >= 0.6 is 0 Å². The number of rotatable bonds is 7. The van der Waals surface area contributed by atoms with Gasteiger partial charge in [-0.25, -0.2) is 0 Å². The van der Waals surface area contributed by atoms with Gasteiger partial charge in [0.15, 0.2) is 0 Å². The van der Waals surface area contributed by atoms with Crippen LogP contribution in [0.4, 0.5) is 0 Å². The van der Waals surface area contributed by atoms with E-state index in [4.69, 9.17) is 5.26 Å². The molecule has 0 amide bonds. The topological polar surface area (TPSA) is 41.6 Å². The molecule has 0 radical (unpaired) electrons. The van der Waals surface area contributed by atoms with Crippen molar-refractivity contribution in [2.75, 3.05) is 0 Å². The van der Waals surface area contributed by atoms with Crippen molar-refractivity contribution in [1.82, 2.24) is 9.78 Å². The first kappa shape index (κ1) is 20.2. The molecule has 2 rings (SSSR count). The van der Waals surface area contributed by atoms with Crippen molar-refractivity contribution < 1.29 is 0 Å². The second-order valence-corrected chi connectivity index (χ2v) is 6.46. The van der Waals surface area contributed by atoms with Gasteiger partial charge < -0.3 is 0 Å². The predicted octanol–water partition coefficient (Wildman–Crippen LogP) is 6.07. The lowest BCUT2D eigenvalue weighted by Gasteiger charge is -2.12. The van der Waals surface area contributed by atoms with E-state index in [-0.39, 0.29) is 0 Å². The molecule has 27 heavy (non-hydrogen) atoms. The van der Waals surface area contributed by atoms with Gasteiger partial charge in [-0.3, -0.25) is 4.68 Å². The summed E-state index contributed by atoms with van der Waals surface area (Å²) in [5.41, 5.74) is 7.75. The fourth-order valence-electron chi connectivity index (χ4n) is 2.93. The molecule has 0 atom stereocenters. The van der Waals surface area contributed by atoms with Crippen LogP contribution in [0, 0.1) is 11.3 Å². The van der Waals surface area contributed by atoms with Crippen LogP contribution in [0.15, 0.2) is 78.1 Å². The molecular weight excluding hydrogens is 330 g/mol. The van der Waals surface area contributed by atoms with Crippen molar-refractivity contribution in [3.05, 3.63) is 94.9 Å². The summed E-state index contributed by atoms with van der Waals surface area (Å²) in [5.74, 6) is 0. The van der Waals surface area contributed by atoms with Crippen LogP contribution in [-0.2, 0) is 6.54 Å². The van der Waals surface area contributed by atoms with Gasteiger partial charge in [-0.1, -0.05) is 43.4 Å². The zero-order valence-electron chi connectivity index (χ0n) is 16.7. The number of hydrogen-bond acceptors (Lipinski definition) is 2. The first-order chi connectivity index (χ1) is 13.0. The minimum absolute atomic E-state index is 0.650. The van der Waals surface area contributed by atoms with Crippen molar-refractivity contribution in [1.29, 1.82) is 5.26 Å². The van der Waals surface area contributed by atoms with E-state index >= 15 is 0 Å². The van der Waals surface area contributed by atoms with Gasteiger partial charge >= 0.3 is 0 Å². The van der Waals surface area contributed by atoms with Crippen molar-refractivity contribution >= 4 is 5.57 Å². The Kier molecular flexibility index (Phi) is 7.14. The standard InChI is InChI=1S/C24H27N3/c1-6-18(4)19(5)22(7-2)15-23(8-3)24-13-14-26-27(24)17-21-11-9-20(16-25)10-12-21/h6,8-15H,3,7,17H2,1-2,4-5H3/b18-6+,22-19+,23-15+. The van der Waals surface area contributed by atoms with Crippen LogP contribution in [0.2, 0.25) is 0 Å². The van der Waals surface area contributed by atoms with E-state index in [0.717, 1.165) is 23.3 Å². The van der Waals surface area contributed by atoms with E-state index in [2.05, 4.69) is 57.6 Å². The fourth-order valence-corrected chi connectivity index (χ4v) is 2.93. The van der Waals surface area contributed by atoms with Gasteiger partial charge in [0.25, 0.3) is 0 Å². The highest BCUT2D eigenvalue weighted by molar-refractivity contribution is 5.74. The summed E-state index contributed by atoms with van der Waals surface area (Å²) in [6.45, 7) is 13.2. The van der Waals surface area contributed by atoms with Crippen LogP contribution in [0.3, 0.4) is 0 Å². The number of nitriles is 1. The van der Waals surface area contributed by atoms with E-state index in [1.54, 1.807) is 0 Å². The normalized spacial score (nSPS) is 13.1. The summed E-state index contributed by atoms with van der Waals surface area (Å²) in [7, 11) is 0. The quantitative estimate of drug-likeness (QED) is 0.565. The molecule has 0 saturated carbocycles. The van der Waals surface area contributed by atoms with Gasteiger partial charge in [-0.15, -0.1) is 0 Å². The molecule has 0 aliphatic heterocycles. The number of benzene rings is 1. The monoisotopic (exact) mass is 357 g/mol. The lowest BCUT2D eigenvalue weighted by molar-refractivity contribution is 0.678. The maximum absolute atomic E-state index is 8.95. The molecule has 3 nitrogen and oxygen atoms in total. The van der Waals surface area contributed by atoms with Crippen LogP contribution in [-0.4, -0.2) is 9.78 Å². The van der Waals surface area contributed by atoms with Crippen molar-refractivity contribution in [3.8, 4) is 6.07 Å². The molecule has 0 aliphatic rings. The molecule has 138 valence electrons. The molecule has 0 bridgehead atoms. The first-order valence-electron chi connectivity index (χ1n) is 9.22. The third-order valence-corrected chi connectivity index (χ3v) is 4.86. The van der Waals surface area contributed by atoms with Gasteiger partial charge in [0, 0.05) is 6.20 Å².